The molecule has 0 aliphatic rings. The second-order valence-corrected chi connectivity index (χ2v) is 6.47. The maximum absolute atomic E-state index is 11.9. The molecule has 1 rings (SSSR count). The van der Waals surface area contributed by atoms with E-state index in [0.717, 1.165) is 31.2 Å². The van der Waals surface area contributed by atoms with E-state index in [9.17, 15) is 4.79 Å². The Morgan fingerprint density at radius 3 is 2.23 bits per heavy atom. The number of hydrogen-bond donors (Lipinski definition) is 2. The van der Waals surface area contributed by atoms with Gasteiger partial charge in [0.1, 0.15) is 0 Å². The number of halogens is 1. The first-order chi connectivity index (χ1) is 11.9. The normalized spacial score (nSPS) is 11.3. The first-order valence-electron chi connectivity index (χ1n) is 8.88. The highest BCUT2D eigenvalue weighted by Gasteiger charge is 2.08. The van der Waals surface area contributed by atoms with Gasteiger partial charge in [-0.2, -0.15) is 0 Å². The van der Waals surface area contributed by atoms with E-state index < -0.39 is 0 Å². The van der Waals surface area contributed by atoms with E-state index in [4.69, 9.17) is 0 Å². The van der Waals surface area contributed by atoms with Gasteiger partial charge in [-0.15, -0.1) is 24.0 Å². The summed E-state index contributed by atoms with van der Waals surface area (Å²) >= 11 is 0. The number of likely N-dealkylation sites (N-methyl/N-ethyl adjacent to an activating group) is 1. The van der Waals surface area contributed by atoms with Crippen LogP contribution in [0.25, 0.3) is 0 Å². The zero-order chi connectivity index (χ0) is 18.8. The number of rotatable bonds is 8. The predicted molar refractivity (Wildman–Crippen MR) is 120 cm³/mol. The topological polar surface area (TPSA) is 60.0 Å². The summed E-state index contributed by atoms with van der Waals surface area (Å²) in [6.45, 7) is 10.1. The van der Waals surface area contributed by atoms with Crippen LogP contribution in [0.15, 0.2) is 29.3 Å². The Kier molecular flexibility index (Phi) is 12.2. The maximum atomic E-state index is 11.9. The summed E-state index contributed by atoms with van der Waals surface area (Å²) in [7, 11) is 5.28. The predicted octanol–water partition coefficient (Wildman–Crippen LogP) is 2.40. The quantitative estimate of drug-likeness (QED) is 0.345. The van der Waals surface area contributed by atoms with Crippen molar-refractivity contribution in [2.75, 3.05) is 40.8 Å². The fourth-order valence-electron chi connectivity index (χ4n) is 2.53. The maximum Gasteiger partial charge on any atom is 0.253 e. The molecule has 0 saturated carbocycles. The minimum absolute atomic E-state index is 0. The minimum atomic E-state index is 0. The Hall–Kier alpha value is -1.35. The Labute approximate surface area is 175 Å². The molecule has 1 aromatic carbocycles. The number of aliphatic imine (C=N–C) groups is 1. The molecule has 0 unspecified atom stereocenters. The van der Waals surface area contributed by atoms with Crippen molar-refractivity contribution < 1.29 is 4.79 Å². The van der Waals surface area contributed by atoms with Crippen LogP contribution in [0, 0.1) is 0 Å². The summed E-state index contributed by atoms with van der Waals surface area (Å²) < 4.78 is 0. The lowest BCUT2D eigenvalue weighted by Gasteiger charge is -2.25. The number of benzene rings is 1. The van der Waals surface area contributed by atoms with Crippen molar-refractivity contribution in [1.29, 1.82) is 0 Å². The summed E-state index contributed by atoms with van der Waals surface area (Å²) in [6.07, 6.45) is 0. The Balaban J connectivity index is 0.00000625. The lowest BCUT2D eigenvalue weighted by atomic mass is 10.1. The van der Waals surface area contributed by atoms with Crippen molar-refractivity contribution in [2.45, 2.75) is 33.4 Å². The number of nitrogens with zero attached hydrogens (tertiary/aromatic N) is 3. The van der Waals surface area contributed by atoms with Crippen LogP contribution in [-0.2, 0) is 6.54 Å². The molecular formula is C19H34IN5O. The van der Waals surface area contributed by atoms with Gasteiger partial charge >= 0.3 is 0 Å². The highest BCUT2D eigenvalue weighted by atomic mass is 127. The van der Waals surface area contributed by atoms with E-state index in [1.54, 1.807) is 26.0 Å². The molecule has 1 amide bonds. The number of carbonyl (C=O) groups excluding carboxylic acids is 1. The number of guanidine groups is 1. The van der Waals surface area contributed by atoms with Crippen molar-refractivity contribution in [2.24, 2.45) is 4.99 Å². The van der Waals surface area contributed by atoms with Crippen LogP contribution in [0.2, 0.25) is 0 Å². The third kappa shape index (κ3) is 8.35. The van der Waals surface area contributed by atoms with Crippen molar-refractivity contribution in [3.63, 3.8) is 0 Å². The molecule has 26 heavy (non-hydrogen) atoms. The van der Waals surface area contributed by atoms with Gasteiger partial charge in [0.2, 0.25) is 0 Å². The molecule has 6 nitrogen and oxygen atoms in total. The van der Waals surface area contributed by atoms with E-state index in [1.807, 2.05) is 24.3 Å². The molecule has 0 aliphatic carbocycles. The third-order valence-electron chi connectivity index (χ3n) is 4.12. The molecule has 148 valence electrons. The zero-order valence-corrected chi connectivity index (χ0v) is 19.2. The van der Waals surface area contributed by atoms with Crippen LogP contribution in [0.5, 0.6) is 0 Å². The fourth-order valence-corrected chi connectivity index (χ4v) is 2.53. The van der Waals surface area contributed by atoms with Crippen LogP contribution >= 0.6 is 24.0 Å². The lowest BCUT2D eigenvalue weighted by molar-refractivity contribution is 0.0827. The van der Waals surface area contributed by atoms with Crippen molar-refractivity contribution in [3.8, 4) is 0 Å². The van der Waals surface area contributed by atoms with Crippen LogP contribution in [-0.4, -0.2) is 68.5 Å². The highest BCUT2D eigenvalue weighted by Crippen LogP contribution is 2.06. The Morgan fingerprint density at radius 1 is 1.15 bits per heavy atom. The molecule has 7 heteroatoms. The van der Waals surface area contributed by atoms with E-state index in [2.05, 4.69) is 41.3 Å². The first-order valence-corrected chi connectivity index (χ1v) is 8.88. The number of carbonyl (C=O) groups is 1. The van der Waals surface area contributed by atoms with Gasteiger partial charge in [-0.1, -0.05) is 19.1 Å². The molecule has 0 heterocycles. The third-order valence-corrected chi connectivity index (χ3v) is 4.12. The molecule has 0 saturated heterocycles. The van der Waals surface area contributed by atoms with Crippen LogP contribution in [0.4, 0.5) is 0 Å². The SMILES string of the molecule is CCN(CCNC(=NC)NCc1ccc(C(=O)N(C)C)cc1)C(C)C.I. The molecule has 2 N–H and O–H groups in total. The molecule has 0 aromatic heterocycles. The van der Waals surface area contributed by atoms with E-state index >= 15 is 0 Å². The van der Waals surface area contributed by atoms with E-state index in [0.29, 0.717) is 18.2 Å². The molecule has 0 atom stereocenters. The van der Waals surface area contributed by atoms with Gasteiger partial charge in [0.25, 0.3) is 5.91 Å². The van der Waals surface area contributed by atoms with E-state index in [1.165, 1.54) is 0 Å². The summed E-state index contributed by atoms with van der Waals surface area (Å²) in [4.78, 5) is 20.1. The van der Waals surface area contributed by atoms with Gasteiger partial charge in [-0.05, 0) is 38.1 Å². The fraction of sp³-hybridized carbons (Fsp3) is 0.579. The Morgan fingerprint density at radius 2 is 1.77 bits per heavy atom. The van der Waals surface area contributed by atoms with Gasteiger partial charge in [0.05, 0.1) is 0 Å². The minimum Gasteiger partial charge on any atom is -0.355 e. The first kappa shape index (κ1) is 24.7. The summed E-state index contributed by atoms with van der Waals surface area (Å²) in [5, 5.41) is 6.64. The lowest BCUT2D eigenvalue weighted by Crippen LogP contribution is -2.42. The Bertz CT molecular complexity index is 558. The summed E-state index contributed by atoms with van der Waals surface area (Å²) in [6, 6.07) is 8.20. The highest BCUT2D eigenvalue weighted by molar-refractivity contribution is 14.0. The number of hydrogen-bond acceptors (Lipinski definition) is 3. The summed E-state index contributed by atoms with van der Waals surface area (Å²) in [5.74, 6) is 0.802. The summed E-state index contributed by atoms with van der Waals surface area (Å²) in [5.41, 5.74) is 1.81. The van der Waals surface area contributed by atoms with Gasteiger partial charge in [-0.25, -0.2) is 0 Å². The van der Waals surface area contributed by atoms with Crippen LogP contribution < -0.4 is 10.6 Å². The molecule has 0 aliphatic heterocycles. The molecular weight excluding hydrogens is 441 g/mol. The standard InChI is InChI=1S/C19H33N5O.HI/c1-7-24(15(2)3)13-12-21-19(20-4)22-14-16-8-10-17(11-9-16)18(25)23(5)6;/h8-11,15H,7,12-14H2,1-6H3,(H2,20,21,22);1H. The van der Waals surface area contributed by atoms with Crippen LogP contribution in [0.1, 0.15) is 36.7 Å². The van der Waals surface area contributed by atoms with Crippen molar-refractivity contribution in [3.05, 3.63) is 35.4 Å². The van der Waals surface area contributed by atoms with Gasteiger partial charge in [-0.3, -0.25) is 14.7 Å². The van der Waals surface area contributed by atoms with Crippen molar-refractivity contribution in [1.82, 2.24) is 20.4 Å². The van der Waals surface area contributed by atoms with Crippen LogP contribution in [0.3, 0.4) is 0 Å². The largest absolute Gasteiger partial charge is 0.355 e. The van der Waals surface area contributed by atoms with E-state index in [-0.39, 0.29) is 29.9 Å². The van der Waals surface area contributed by atoms with Gasteiger partial charge < -0.3 is 15.5 Å². The van der Waals surface area contributed by atoms with Gasteiger partial charge in [0.15, 0.2) is 5.96 Å². The molecule has 0 radical (unpaired) electrons. The average molecular weight is 475 g/mol. The van der Waals surface area contributed by atoms with Gasteiger partial charge in [0, 0.05) is 52.4 Å². The molecule has 1 aromatic rings. The van der Waals surface area contributed by atoms with Crippen molar-refractivity contribution >= 4 is 35.8 Å². The molecule has 0 fully saturated rings. The molecule has 0 bridgehead atoms. The second-order valence-electron chi connectivity index (χ2n) is 6.47. The second kappa shape index (κ2) is 12.9. The average Bonchev–Trinajstić information content (AvgIpc) is 2.60. The number of amides is 1. The number of nitrogens with one attached hydrogen (secondary N) is 2. The molecule has 0 spiro atoms. The zero-order valence-electron chi connectivity index (χ0n) is 16.9. The monoisotopic (exact) mass is 475 g/mol. The smallest absolute Gasteiger partial charge is 0.253 e.